The van der Waals surface area contributed by atoms with Gasteiger partial charge in [-0.05, 0) is 37.8 Å². The van der Waals surface area contributed by atoms with Crippen LogP contribution in [-0.2, 0) is 0 Å². The first-order valence-electron chi connectivity index (χ1n) is 5.30. The predicted molar refractivity (Wildman–Crippen MR) is 66.8 cm³/mol. The van der Waals surface area contributed by atoms with Crippen molar-refractivity contribution < 1.29 is 9.53 Å². The van der Waals surface area contributed by atoms with Crippen LogP contribution in [0.25, 0.3) is 0 Å². The quantitative estimate of drug-likeness (QED) is 0.683. The minimum Gasteiger partial charge on any atom is -0.490 e. The third-order valence-electron chi connectivity index (χ3n) is 2.62. The second kappa shape index (κ2) is 4.45. The number of halogens is 1. The van der Waals surface area contributed by atoms with Gasteiger partial charge in [-0.2, -0.15) is 0 Å². The van der Waals surface area contributed by atoms with Gasteiger partial charge in [-0.3, -0.25) is 4.79 Å². The largest absolute Gasteiger partial charge is 0.490 e. The first kappa shape index (κ1) is 11.5. The number of nitrogen functional groups attached to an aromatic ring is 1. The van der Waals surface area contributed by atoms with Crippen molar-refractivity contribution in [3.05, 3.63) is 22.2 Å². The highest BCUT2D eigenvalue weighted by Gasteiger charge is 2.23. The summed E-state index contributed by atoms with van der Waals surface area (Å²) in [7, 11) is 0. The fourth-order valence-electron chi connectivity index (χ4n) is 1.52. The zero-order chi connectivity index (χ0) is 11.7. The Kier molecular flexibility index (Phi) is 3.19. The first-order valence-corrected chi connectivity index (χ1v) is 6.10. The Bertz CT molecular complexity index is 427. The Hall–Kier alpha value is -1.03. The lowest BCUT2D eigenvalue weighted by atomic mass is 10.1. The first-order chi connectivity index (χ1) is 7.58. The standard InChI is InChI=1S/C12H14BrNO2/c1-7(15)10-4-9(13)5-11(14)12(10)16-6-8-2-3-8/h4-5,8H,2-3,6,14H2,1H3. The van der Waals surface area contributed by atoms with Gasteiger partial charge in [0.15, 0.2) is 11.5 Å². The van der Waals surface area contributed by atoms with Crippen LogP contribution in [0.5, 0.6) is 5.75 Å². The van der Waals surface area contributed by atoms with Crippen LogP contribution in [0.3, 0.4) is 0 Å². The summed E-state index contributed by atoms with van der Waals surface area (Å²) in [6.07, 6.45) is 2.43. The van der Waals surface area contributed by atoms with Crippen molar-refractivity contribution in [1.82, 2.24) is 0 Å². The Morgan fingerprint density at radius 2 is 2.25 bits per heavy atom. The molecular weight excluding hydrogens is 270 g/mol. The number of ketones is 1. The Labute approximate surface area is 103 Å². The summed E-state index contributed by atoms with van der Waals surface area (Å²) in [5.74, 6) is 1.14. The molecule has 3 nitrogen and oxygen atoms in total. The number of rotatable bonds is 4. The number of hydrogen-bond donors (Lipinski definition) is 1. The number of anilines is 1. The molecule has 0 saturated heterocycles. The third kappa shape index (κ3) is 2.55. The molecule has 1 aliphatic rings. The molecule has 0 bridgehead atoms. The average molecular weight is 284 g/mol. The summed E-state index contributed by atoms with van der Waals surface area (Å²) in [6.45, 7) is 2.18. The number of hydrogen-bond acceptors (Lipinski definition) is 3. The highest BCUT2D eigenvalue weighted by Crippen LogP contribution is 2.34. The molecule has 1 aromatic carbocycles. The normalized spacial score (nSPS) is 14.9. The molecule has 0 spiro atoms. The highest BCUT2D eigenvalue weighted by atomic mass is 79.9. The number of ether oxygens (including phenoxy) is 1. The molecule has 0 heterocycles. The summed E-state index contributed by atoms with van der Waals surface area (Å²) in [6, 6.07) is 3.51. The van der Waals surface area contributed by atoms with Gasteiger partial charge < -0.3 is 10.5 Å². The van der Waals surface area contributed by atoms with Crippen LogP contribution in [0, 0.1) is 5.92 Å². The molecule has 0 unspecified atom stereocenters. The second-order valence-electron chi connectivity index (χ2n) is 4.18. The summed E-state index contributed by atoms with van der Waals surface area (Å²) >= 11 is 3.32. The Morgan fingerprint density at radius 3 is 2.81 bits per heavy atom. The van der Waals surface area contributed by atoms with E-state index in [4.69, 9.17) is 10.5 Å². The molecule has 86 valence electrons. The van der Waals surface area contributed by atoms with Gasteiger partial charge in [-0.25, -0.2) is 0 Å². The highest BCUT2D eigenvalue weighted by molar-refractivity contribution is 9.10. The zero-order valence-corrected chi connectivity index (χ0v) is 10.7. The SMILES string of the molecule is CC(=O)c1cc(Br)cc(N)c1OCC1CC1. The van der Waals surface area contributed by atoms with E-state index in [1.165, 1.54) is 19.8 Å². The van der Waals surface area contributed by atoms with E-state index in [0.29, 0.717) is 29.5 Å². The lowest BCUT2D eigenvalue weighted by Crippen LogP contribution is -2.07. The van der Waals surface area contributed by atoms with Crippen molar-refractivity contribution >= 4 is 27.4 Å². The molecule has 1 aliphatic carbocycles. The fourth-order valence-corrected chi connectivity index (χ4v) is 2.00. The van der Waals surface area contributed by atoms with E-state index >= 15 is 0 Å². The lowest BCUT2D eigenvalue weighted by molar-refractivity contribution is 0.101. The summed E-state index contributed by atoms with van der Waals surface area (Å²) in [5.41, 5.74) is 6.92. The molecule has 2 N–H and O–H groups in total. The fraction of sp³-hybridized carbons (Fsp3) is 0.417. The summed E-state index contributed by atoms with van der Waals surface area (Å²) in [4.78, 5) is 11.5. The van der Waals surface area contributed by atoms with Gasteiger partial charge >= 0.3 is 0 Å². The summed E-state index contributed by atoms with van der Waals surface area (Å²) < 4.78 is 6.44. The van der Waals surface area contributed by atoms with Crippen LogP contribution in [0.1, 0.15) is 30.1 Å². The van der Waals surface area contributed by atoms with Crippen molar-refractivity contribution in [2.45, 2.75) is 19.8 Å². The number of nitrogens with two attached hydrogens (primary N) is 1. The van der Waals surface area contributed by atoms with E-state index in [0.717, 1.165) is 4.47 Å². The van der Waals surface area contributed by atoms with Crippen molar-refractivity contribution in [1.29, 1.82) is 0 Å². The zero-order valence-electron chi connectivity index (χ0n) is 9.13. The number of benzene rings is 1. The van der Waals surface area contributed by atoms with E-state index in [2.05, 4.69) is 15.9 Å². The van der Waals surface area contributed by atoms with Crippen molar-refractivity contribution in [3.63, 3.8) is 0 Å². The van der Waals surface area contributed by atoms with Gasteiger partial charge in [-0.1, -0.05) is 15.9 Å². The van der Waals surface area contributed by atoms with Crippen molar-refractivity contribution in [2.24, 2.45) is 5.92 Å². The lowest BCUT2D eigenvalue weighted by Gasteiger charge is -2.12. The van der Waals surface area contributed by atoms with Crippen LogP contribution in [0.2, 0.25) is 0 Å². The average Bonchev–Trinajstić information content (AvgIpc) is 2.98. The van der Waals surface area contributed by atoms with Crippen LogP contribution in [0.4, 0.5) is 5.69 Å². The predicted octanol–water partition coefficient (Wildman–Crippen LogP) is 3.02. The maximum absolute atomic E-state index is 11.5. The molecule has 1 fully saturated rings. The maximum Gasteiger partial charge on any atom is 0.163 e. The molecule has 0 amide bonds. The Morgan fingerprint density at radius 1 is 1.56 bits per heavy atom. The molecular formula is C12H14BrNO2. The van der Waals surface area contributed by atoms with E-state index in [1.807, 2.05) is 0 Å². The van der Waals surface area contributed by atoms with E-state index < -0.39 is 0 Å². The van der Waals surface area contributed by atoms with Crippen molar-refractivity contribution in [2.75, 3.05) is 12.3 Å². The molecule has 4 heteroatoms. The topological polar surface area (TPSA) is 52.3 Å². The van der Waals surface area contributed by atoms with Gasteiger partial charge in [0.1, 0.15) is 0 Å². The molecule has 0 atom stereocenters. The van der Waals surface area contributed by atoms with Crippen LogP contribution in [0.15, 0.2) is 16.6 Å². The molecule has 2 rings (SSSR count). The smallest absolute Gasteiger partial charge is 0.163 e. The van der Waals surface area contributed by atoms with Gasteiger partial charge in [0, 0.05) is 4.47 Å². The third-order valence-corrected chi connectivity index (χ3v) is 3.08. The Balaban J connectivity index is 2.27. The number of carbonyl (C=O) groups excluding carboxylic acids is 1. The molecule has 0 aliphatic heterocycles. The van der Waals surface area contributed by atoms with E-state index in [9.17, 15) is 4.79 Å². The minimum atomic E-state index is -0.0289. The van der Waals surface area contributed by atoms with Gasteiger partial charge in [-0.15, -0.1) is 0 Å². The molecule has 1 aromatic rings. The van der Waals surface area contributed by atoms with E-state index in [-0.39, 0.29) is 5.78 Å². The molecule has 1 saturated carbocycles. The monoisotopic (exact) mass is 283 g/mol. The van der Waals surface area contributed by atoms with Gasteiger partial charge in [0.2, 0.25) is 0 Å². The molecule has 0 aromatic heterocycles. The summed E-state index contributed by atoms with van der Waals surface area (Å²) in [5, 5.41) is 0. The van der Waals surface area contributed by atoms with Crippen LogP contribution < -0.4 is 10.5 Å². The minimum absolute atomic E-state index is 0.0289. The van der Waals surface area contributed by atoms with Gasteiger partial charge in [0.25, 0.3) is 0 Å². The van der Waals surface area contributed by atoms with Crippen LogP contribution in [-0.4, -0.2) is 12.4 Å². The number of Topliss-reactive ketones (excluding diaryl/α,β-unsaturated/α-hetero) is 1. The maximum atomic E-state index is 11.5. The second-order valence-corrected chi connectivity index (χ2v) is 5.10. The number of carbonyl (C=O) groups is 1. The van der Waals surface area contributed by atoms with Crippen molar-refractivity contribution in [3.8, 4) is 5.75 Å². The van der Waals surface area contributed by atoms with Gasteiger partial charge in [0.05, 0.1) is 17.9 Å². The van der Waals surface area contributed by atoms with Crippen LogP contribution >= 0.6 is 15.9 Å². The molecule has 16 heavy (non-hydrogen) atoms. The molecule has 0 radical (unpaired) electrons. The van der Waals surface area contributed by atoms with E-state index in [1.54, 1.807) is 12.1 Å².